The Morgan fingerprint density at radius 1 is 1.12 bits per heavy atom. The van der Waals surface area contributed by atoms with Crippen molar-refractivity contribution in [1.29, 1.82) is 0 Å². The fraction of sp³-hybridized carbons (Fsp3) is 0.440. The number of hydrogen-bond acceptors (Lipinski definition) is 8. The highest BCUT2D eigenvalue weighted by Crippen LogP contribution is 2.34. The van der Waals surface area contributed by atoms with Crippen molar-refractivity contribution < 1.29 is 9.84 Å². The van der Waals surface area contributed by atoms with Gasteiger partial charge in [0, 0.05) is 42.4 Å². The van der Waals surface area contributed by atoms with Gasteiger partial charge in [-0.1, -0.05) is 6.07 Å². The second-order valence-corrected chi connectivity index (χ2v) is 9.35. The SMILES string of the molecule is COc1cc(-c2ccc(-c3ccc(N4CC[C@H](CNC5(C)CCC5)C4)nn3)c(O)c2)ncn1. The Kier molecular flexibility index (Phi) is 5.85. The zero-order valence-corrected chi connectivity index (χ0v) is 19.2. The molecule has 1 aromatic carbocycles. The number of phenolic OH excluding ortho intramolecular Hbond substituents is 1. The molecular formula is C25H30N6O2. The van der Waals surface area contributed by atoms with Crippen LogP contribution in [0, 0.1) is 5.92 Å². The first-order valence-corrected chi connectivity index (χ1v) is 11.6. The number of benzene rings is 1. The summed E-state index contributed by atoms with van der Waals surface area (Å²) in [6.45, 7) is 5.40. The number of nitrogens with zero attached hydrogens (tertiary/aromatic N) is 5. The Bertz CT molecular complexity index is 1120. The zero-order chi connectivity index (χ0) is 22.8. The van der Waals surface area contributed by atoms with E-state index in [1.165, 1.54) is 32.0 Å². The summed E-state index contributed by atoms with van der Waals surface area (Å²) in [6, 6.07) is 11.1. The number of aromatic nitrogens is 4. The Morgan fingerprint density at radius 2 is 2.00 bits per heavy atom. The van der Waals surface area contributed by atoms with Crippen molar-refractivity contribution in [1.82, 2.24) is 25.5 Å². The molecule has 172 valence electrons. The number of nitrogens with one attached hydrogen (secondary N) is 1. The third kappa shape index (κ3) is 4.61. The minimum Gasteiger partial charge on any atom is -0.507 e. The van der Waals surface area contributed by atoms with Crippen molar-refractivity contribution in [3.05, 3.63) is 42.7 Å². The van der Waals surface area contributed by atoms with Crippen molar-refractivity contribution in [2.45, 2.75) is 38.1 Å². The first-order chi connectivity index (χ1) is 16.0. The topological polar surface area (TPSA) is 96.3 Å². The molecule has 33 heavy (non-hydrogen) atoms. The third-order valence-corrected chi connectivity index (χ3v) is 6.96. The molecule has 1 saturated heterocycles. The molecule has 0 radical (unpaired) electrons. The van der Waals surface area contributed by atoms with Crippen molar-refractivity contribution >= 4 is 5.82 Å². The Balaban J connectivity index is 1.25. The molecule has 2 aliphatic rings. The van der Waals surface area contributed by atoms with E-state index in [0.717, 1.165) is 31.0 Å². The smallest absolute Gasteiger partial charge is 0.216 e. The molecule has 1 aliphatic heterocycles. The molecule has 1 saturated carbocycles. The van der Waals surface area contributed by atoms with Crippen LogP contribution >= 0.6 is 0 Å². The van der Waals surface area contributed by atoms with Gasteiger partial charge in [-0.2, -0.15) is 0 Å². The molecule has 2 aromatic heterocycles. The summed E-state index contributed by atoms with van der Waals surface area (Å²) in [5, 5.41) is 23.3. The lowest BCUT2D eigenvalue weighted by Gasteiger charge is -2.40. The van der Waals surface area contributed by atoms with E-state index in [0.29, 0.717) is 34.3 Å². The summed E-state index contributed by atoms with van der Waals surface area (Å²) >= 11 is 0. The highest BCUT2D eigenvalue weighted by molar-refractivity contribution is 5.73. The van der Waals surface area contributed by atoms with Crippen LogP contribution in [-0.4, -0.2) is 57.6 Å². The normalized spacial score (nSPS) is 19.3. The van der Waals surface area contributed by atoms with Crippen LogP contribution in [0.5, 0.6) is 11.6 Å². The third-order valence-electron chi connectivity index (χ3n) is 6.96. The molecule has 8 heteroatoms. The Hall–Kier alpha value is -3.26. The van der Waals surface area contributed by atoms with E-state index in [4.69, 9.17) is 4.74 Å². The van der Waals surface area contributed by atoms with Crippen molar-refractivity contribution in [3.63, 3.8) is 0 Å². The highest BCUT2D eigenvalue weighted by Gasteiger charge is 2.33. The summed E-state index contributed by atoms with van der Waals surface area (Å²) < 4.78 is 5.16. The van der Waals surface area contributed by atoms with E-state index >= 15 is 0 Å². The molecular weight excluding hydrogens is 416 g/mol. The van der Waals surface area contributed by atoms with Crippen molar-refractivity contribution in [2.24, 2.45) is 5.92 Å². The van der Waals surface area contributed by atoms with Gasteiger partial charge in [-0.15, -0.1) is 10.2 Å². The van der Waals surface area contributed by atoms with Gasteiger partial charge in [-0.3, -0.25) is 0 Å². The second-order valence-electron chi connectivity index (χ2n) is 9.35. The van der Waals surface area contributed by atoms with Crippen molar-refractivity contribution in [2.75, 3.05) is 31.6 Å². The van der Waals surface area contributed by atoms with E-state index in [-0.39, 0.29) is 5.75 Å². The molecule has 1 aliphatic carbocycles. The monoisotopic (exact) mass is 446 g/mol. The summed E-state index contributed by atoms with van der Waals surface area (Å²) in [4.78, 5) is 10.6. The Morgan fingerprint density at radius 3 is 2.70 bits per heavy atom. The molecule has 3 heterocycles. The van der Waals surface area contributed by atoms with Gasteiger partial charge in [-0.05, 0) is 62.8 Å². The number of methoxy groups -OCH3 is 1. The molecule has 0 unspecified atom stereocenters. The predicted octanol–water partition coefficient (Wildman–Crippen LogP) is 3.67. The summed E-state index contributed by atoms with van der Waals surface area (Å²) in [6.07, 6.45) is 6.53. The lowest BCUT2D eigenvalue weighted by molar-refractivity contribution is 0.200. The fourth-order valence-electron chi connectivity index (χ4n) is 4.64. The van der Waals surface area contributed by atoms with E-state index < -0.39 is 0 Å². The lowest BCUT2D eigenvalue weighted by atomic mass is 9.78. The van der Waals surface area contributed by atoms with Crippen LogP contribution in [0.15, 0.2) is 42.7 Å². The van der Waals surface area contributed by atoms with Crippen LogP contribution in [0.4, 0.5) is 5.82 Å². The molecule has 1 atom stereocenters. The average Bonchev–Trinajstić information content (AvgIpc) is 3.31. The Labute approximate surface area is 194 Å². The molecule has 0 amide bonds. The molecule has 0 bridgehead atoms. The quantitative estimate of drug-likeness (QED) is 0.568. The number of hydrogen-bond donors (Lipinski definition) is 2. The standard InChI is InChI=1S/C25H30N6O2/c1-25(9-3-10-25)28-14-17-8-11-31(15-17)23-7-6-20(29-30-23)19-5-4-18(12-22(19)32)21-13-24(33-2)27-16-26-21/h4-7,12-13,16-17,28,32H,3,8-11,14-15H2,1-2H3/t17-/m1/s1. The molecule has 2 fully saturated rings. The van der Waals surface area contributed by atoms with Gasteiger partial charge >= 0.3 is 0 Å². The van der Waals surface area contributed by atoms with E-state index in [2.05, 4.69) is 37.3 Å². The van der Waals surface area contributed by atoms with Crippen LogP contribution in [0.3, 0.4) is 0 Å². The van der Waals surface area contributed by atoms with Gasteiger partial charge in [0.25, 0.3) is 0 Å². The number of aromatic hydroxyl groups is 1. The lowest BCUT2D eigenvalue weighted by Crippen LogP contribution is -2.50. The van der Waals surface area contributed by atoms with Crippen LogP contribution in [0.2, 0.25) is 0 Å². The number of rotatable bonds is 7. The van der Waals surface area contributed by atoms with Gasteiger partial charge in [0.1, 0.15) is 12.1 Å². The zero-order valence-electron chi connectivity index (χ0n) is 19.2. The first kappa shape index (κ1) is 21.6. The van der Waals surface area contributed by atoms with Crippen LogP contribution in [0.1, 0.15) is 32.6 Å². The van der Waals surface area contributed by atoms with Gasteiger partial charge in [0.15, 0.2) is 5.82 Å². The summed E-state index contributed by atoms with van der Waals surface area (Å²) in [5.74, 6) is 2.13. The van der Waals surface area contributed by atoms with Gasteiger partial charge in [0.05, 0.1) is 18.5 Å². The number of ether oxygens (including phenoxy) is 1. The minimum absolute atomic E-state index is 0.129. The molecule has 3 aromatic rings. The molecule has 2 N–H and O–H groups in total. The second kappa shape index (κ2) is 8.94. The van der Waals surface area contributed by atoms with E-state index in [9.17, 15) is 5.11 Å². The fourth-order valence-corrected chi connectivity index (χ4v) is 4.64. The maximum atomic E-state index is 10.6. The average molecular weight is 447 g/mol. The van der Waals surface area contributed by atoms with Crippen molar-refractivity contribution in [3.8, 4) is 34.1 Å². The maximum absolute atomic E-state index is 10.6. The molecule has 8 nitrogen and oxygen atoms in total. The van der Waals surface area contributed by atoms with Gasteiger partial charge in [0.2, 0.25) is 5.88 Å². The highest BCUT2D eigenvalue weighted by atomic mass is 16.5. The summed E-state index contributed by atoms with van der Waals surface area (Å²) in [5.41, 5.74) is 3.07. The van der Waals surface area contributed by atoms with Gasteiger partial charge in [-0.25, -0.2) is 9.97 Å². The molecule has 0 spiro atoms. The number of anilines is 1. The number of phenols is 1. The maximum Gasteiger partial charge on any atom is 0.216 e. The van der Waals surface area contributed by atoms with Gasteiger partial charge < -0.3 is 20.1 Å². The van der Waals surface area contributed by atoms with E-state index in [1.807, 2.05) is 24.3 Å². The van der Waals surface area contributed by atoms with E-state index in [1.54, 1.807) is 19.2 Å². The predicted molar refractivity (Wildman–Crippen MR) is 127 cm³/mol. The minimum atomic E-state index is 0.129. The largest absolute Gasteiger partial charge is 0.507 e. The molecule has 5 rings (SSSR count). The summed E-state index contributed by atoms with van der Waals surface area (Å²) in [7, 11) is 1.56. The van der Waals surface area contributed by atoms with Crippen LogP contribution in [-0.2, 0) is 0 Å². The van der Waals surface area contributed by atoms with Crippen LogP contribution < -0.4 is 15.0 Å². The van der Waals surface area contributed by atoms with Crippen LogP contribution in [0.25, 0.3) is 22.5 Å². The first-order valence-electron chi connectivity index (χ1n) is 11.6.